The van der Waals surface area contributed by atoms with Crippen molar-refractivity contribution in [2.24, 2.45) is 18.4 Å². The van der Waals surface area contributed by atoms with E-state index < -0.39 is 0 Å². The van der Waals surface area contributed by atoms with Gasteiger partial charge in [0, 0.05) is 36.7 Å². The second-order valence-electron chi connectivity index (χ2n) is 9.51. The third-order valence-electron chi connectivity index (χ3n) is 5.53. The largest absolute Gasteiger partial charge is 0.309 e. The summed E-state index contributed by atoms with van der Waals surface area (Å²) in [6.07, 6.45) is 5.58. The number of nitrogens with zero attached hydrogens (tertiary/aromatic N) is 5. The smallest absolute Gasteiger partial charge is 0.228 e. The molecule has 1 aliphatic heterocycles. The lowest BCUT2D eigenvalue weighted by atomic mass is 9.91. The highest BCUT2D eigenvalue weighted by Gasteiger charge is 2.27. The lowest BCUT2D eigenvalue weighted by molar-refractivity contribution is -0.121. The number of amides is 1. The second-order valence-corrected chi connectivity index (χ2v) is 9.51. The van der Waals surface area contributed by atoms with E-state index in [1.807, 2.05) is 37.6 Å². The molecule has 0 atom stereocenters. The second kappa shape index (κ2) is 8.14. The van der Waals surface area contributed by atoms with Gasteiger partial charge in [-0.15, -0.1) is 10.2 Å². The van der Waals surface area contributed by atoms with E-state index in [1.165, 1.54) is 0 Å². The van der Waals surface area contributed by atoms with Gasteiger partial charge in [-0.25, -0.2) is 0 Å². The fourth-order valence-electron chi connectivity index (χ4n) is 4.11. The highest BCUT2D eigenvalue weighted by atomic mass is 16.2. The van der Waals surface area contributed by atoms with E-state index in [0.717, 1.165) is 54.5 Å². The van der Waals surface area contributed by atoms with Crippen LogP contribution in [0.4, 0.5) is 5.82 Å². The molecule has 158 valence electrons. The Hall–Kier alpha value is -2.80. The molecule has 1 saturated heterocycles. The van der Waals surface area contributed by atoms with Crippen LogP contribution in [0.2, 0.25) is 0 Å². The Labute approximate surface area is 177 Å². The predicted molar refractivity (Wildman–Crippen MR) is 119 cm³/mol. The maximum absolute atomic E-state index is 12.8. The van der Waals surface area contributed by atoms with E-state index in [-0.39, 0.29) is 17.2 Å². The Bertz CT molecular complexity index is 1040. The summed E-state index contributed by atoms with van der Waals surface area (Å²) >= 11 is 0. The van der Waals surface area contributed by atoms with Crippen LogP contribution in [0.5, 0.6) is 0 Å². The topological polar surface area (TPSA) is 75.9 Å². The molecule has 1 aliphatic rings. The minimum atomic E-state index is 0.0282. The van der Waals surface area contributed by atoms with Gasteiger partial charge in [0.15, 0.2) is 5.82 Å². The molecule has 0 bridgehead atoms. The molecular formula is C23H30N6O. The lowest BCUT2D eigenvalue weighted by Gasteiger charge is -2.35. The molecule has 3 aromatic rings. The summed E-state index contributed by atoms with van der Waals surface area (Å²) in [4.78, 5) is 15.2. The first-order chi connectivity index (χ1) is 14.3. The Morgan fingerprint density at radius 2 is 1.90 bits per heavy atom. The number of aromatic nitrogens is 4. The lowest BCUT2D eigenvalue weighted by Crippen LogP contribution is -2.41. The van der Waals surface area contributed by atoms with Crippen LogP contribution in [0, 0.1) is 11.3 Å². The number of carbonyl (C=O) groups is 1. The Morgan fingerprint density at radius 3 is 2.57 bits per heavy atom. The van der Waals surface area contributed by atoms with Gasteiger partial charge in [0.25, 0.3) is 0 Å². The van der Waals surface area contributed by atoms with E-state index in [2.05, 4.69) is 52.4 Å². The Balaban J connectivity index is 1.43. The zero-order valence-corrected chi connectivity index (χ0v) is 18.2. The molecule has 0 radical (unpaired) electrons. The molecule has 0 saturated carbocycles. The van der Waals surface area contributed by atoms with Gasteiger partial charge in [0.1, 0.15) is 0 Å². The third kappa shape index (κ3) is 4.84. The number of fused-ring (bicyclic) bond motifs is 1. The average molecular weight is 407 g/mol. The quantitative estimate of drug-likeness (QED) is 0.715. The van der Waals surface area contributed by atoms with Crippen LogP contribution >= 0.6 is 0 Å². The molecule has 2 aromatic heterocycles. The number of anilines is 1. The van der Waals surface area contributed by atoms with Gasteiger partial charge in [0.05, 0.1) is 11.7 Å². The number of hydrogen-bond donors (Lipinski definition) is 1. The van der Waals surface area contributed by atoms with Crippen molar-refractivity contribution in [3.05, 3.63) is 36.7 Å². The van der Waals surface area contributed by atoms with Gasteiger partial charge in [-0.1, -0.05) is 26.8 Å². The number of likely N-dealkylation sites (tertiary alicyclic amines) is 1. The molecule has 1 aromatic carbocycles. The molecular weight excluding hydrogens is 376 g/mol. The zero-order valence-electron chi connectivity index (χ0n) is 18.2. The standard InChI is InChI=1S/C23H30N6O/c1-23(2,3)15-29-9-7-16(8-10-29)22(30)25-21-12-18-11-17(5-6-20(18)26-27-21)19-13-24-28(4)14-19/h5-6,11-14,16H,7-10,15H2,1-4H3,(H,25,27,30). The molecule has 0 spiro atoms. The van der Waals surface area contributed by atoms with E-state index >= 15 is 0 Å². The van der Waals surface area contributed by atoms with Crippen molar-refractivity contribution >= 4 is 22.6 Å². The number of rotatable bonds is 4. The summed E-state index contributed by atoms with van der Waals surface area (Å²) in [6, 6.07) is 7.91. The molecule has 0 aliphatic carbocycles. The number of hydrogen-bond acceptors (Lipinski definition) is 5. The minimum Gasteiger partial charge on any atom is -0.309 e. The monoisotopic (exact) mass is 406 g/mol. The number of carbonyl (C=O) groups excluding carboxylic acids is 1. The zero-order chi connectivity index (χ0) is 21.3. The molecule has 1 amide bonds. The summed E-state index contributed by atoms with van der Waals surface area (Å²) in [6.45, 7) is 9.76. The van der Waals surface area contributed by atoms with Crippen molar-refractivity contribution in [3.63, 3.8) is 0 Å². The first-order valence-electron chi connectivity index (χ1n) is 10.6. The molecule has 1 N–H and O–H groups in total. The van der Waals surface area contributed by atoms with Crippen LogP contribution in [0.15, 0.2) is 36.7 Å². The molecule has 0 unspecified atom stereocenters. The normalized spacial score (nSPS) is 16.1. The first-order valence-corrected chi connectivity index (χ1v) is 10.6. The number of aryl methyl sites for hydroxylation is 1. The summed E-state index contributed by atoms with van der Waals surface area (Å²) in [5, 5.41) is 16.6. The van der Waals surface area contributed by atoms with Crippen LogP contribution < -0.4 is 5.32 Å². The Morgan fingerprint density at radius 1 is 1.13 bits per heavy atom. The highest BCUT2D eigenvalue weighted by molar-refractivity contribution is 5.94. The molecule has 30 heavy (non-hydrogen) atoms. The Kier molecular flexibility index (Phi) is 5.56. The fraction of sp³-hybridized carbons (Fsp3) is 0.478. The van der Waals surface area contributed by atoms with Crippen molar-refractivity contribution < 1.29 is 4.79 Å². The van der Waals surface area contributed by atoms with Gasteiger partial charge in [-0.2, -0.15) is 5.10 Å². The number of piperidine rings is 1. The predicted octanol–water partition coefficient (Wildman–Crippen LogP) is 3.73. The van der Waals surface area contributed by atoms with E-state index in [4.69, 9.17) is 0 Å². The van der Waals surface area contributed by atoms with Crippen molar-refractivity contribution in [3.8, 4) is 11.1 Å². The molecule has 1 fully saturated rings. The third-order valence-corrected chi connectivity index (χ3v) is 5.53. The maximum atomic E-state index is 12.8. The average Bonchev–Trinajstić information content (AvgIpc) is 3.13. The van der Waals surface area contributed by atoms with Crippen LogP contribution in [0.1, 0.15) is 33.6 Å². The molecule has 7 heteroatoms. The van der Waals surface area contributed by atoms with Crippen LogP contribution in [-0.4, -0.2) is 50.4 Å². The van der Waals surface area contributed by atoms with Crippen LogP contribution in [-0.2, 0) is 11.8 Å². The van der Waals surface area contributed by atoms with Crippen molar-refractivity contribution in [2.45, 2.75) is 33.6 Å². The minimum absolute atomic E-state index is 0.0282. The van der Waals surface area contributed by atoms with E-state index in [9.17, 15) is 4.79 Å². The maximum Gasteiger partial charge on any atom is 0.228 e. The van der Waals surface area contributed by atoms with Crippen LogP contribution in [0.25, 0.3) is 22.0 Å². The molecule has 4 rings (SSSR count). The van der Waals surface area contributed by atoms with Gasteiger partial charge in [-0.05, 0) is 55.1 Å². The summed E-state index contributed by atoms with van der Waals surface area (Å²) in [7, 11) is 1.90. The van der Waals surface area contributed by atoms with E-state index in [0.29, 0.717) is 5.82 Å². The summed E-state index contributed by atoms with van der Waals surface area (Å²) in [5.74, 6) is 0.580. The van der Waals surface area contributed by atoms with Gasteiger partial charge in [0.2, 0.25) is 5.91 Å². The highest BCUT2D eigenvalue weighted by Crippen LogP contribution is 2.26. The van der Waals surface area contributed by atoms with E-state index in [1.54, 1.807) is 4.68 Å². The summed E-state index contributed by atoms with van der Waals surface area (Å²) in [5.41, 5.74) is 3.19. The van der Waals surface area contributed by atoms with Crippen molar-refractivity contribution in [1.82, 2.24) is 24.9 Å². The van der Waals surface area contributed by atoms with Gasteiger partial charge < -0.3 is 10.2 Å². The number of benzene rings is 1. The van der Waals surface area contributed by atoms with Gasteiger partial charge >= 0.3 is 0 Å². The van der Waals surface area contributed by atoms with Crippen molar-refractivity contribution in [1.29, 1.82) is 0 Å². The van der Waals surface area contributed by atoms with Gasteiger partial charge in [-0.3, -0.25) is 9.48 Å². The molecule has 7 nitrogen and oxygen atoms in total. The van der Waals surface area contributed by atoms with Crippen LogP contribution in [0.3, 0.4) is 0 Å². The first kappa shape index (κ1) is 20.5. The fourth-order valence-corrected chi connectivity index (χ4v) is 4.11. The molecule has 3 heterocycles. The van der Waals surface area contributed by atoms with Crippen molar-refractivity contribution in [2.75, 3.05) is 25.0 Å². The number of nitrogens with one attached hydrogen (secondary N) is 1. The summed E-state index contributed by atoms with van der Waals surface area (Å²) < 4.78 is 1.78. The SMILES string of the molecule is Cn1cc(-c2ccc3nnc(NC(=O)C4CCN(CC(C)(C)C)CC4)cc3c2)cn1.